The first-order valence-corrected chi connectivity index (χ1v) is 10.3. The van der Waals surface area contributed by atoms with Crippen LogP contribution in [0.1, 0.15) is 69.1 Å². The fraction of sp³-hybridized carbons (Fsp3) is 0.667. The first kappa shape index (κ1) is 18.4. The molecule has 6 nitrogen and oxygen atoms in total. The van der Waals surface area contributed by atoms with Crippen LogP contribution < -0.4 is 5.56 Å². The predicted octanol–water partition coefficient (Wildman–Crippen LogP) is 2.56. The zero-order valence-corrected chi connectivity index (χ0v) is 16.4. The number of nitrogens with one attached hydrogen (secondary N) is 1. The number of carbonyl (C=O) groups excluding carboxylic acids is 1. The second kappa shape index (κ2) is 7.58. The number of aromatic nitrogens is 2. The summed E-state index contributed by atoms with van der Waals surface area (Å²) in [7, 11) is 0. The van der Waals surface area contributed by atoms with Crippen molar-refractivity contribution in [3.05, 3.63) is 39.6 Å². The molecule has 1 aromatic heterocycles. The number of fused-ring (bicyclic) bond motifs is 1. The van der Waals surface area contributed by atoms with E-state index in [1.54, 1.807) is 0 Å². The van der Waals surface area contributed by atoms with Crippen molar-refractivity contribution in [3.8, 4) is 0 Å². The van der Waals surface area contributed by atoms with Crippen LogP contribution >= 0.6 is 0 Å². The van der Waals surface area contributed by atoms with Crippen LogP contribution in [-0.4, -0.2) is 44.8 Å². The lowest BCUT2D eigenvalue weighted by Gasteiger charge is -2.31. The minimum absolute atomic E-state index is 0.0293. The molecule has 27 heavy (non-hydrogen) atoms. The summed E-state index contributed by atoms with van der Waals surface area (Å²) in [6.07, 6.45) is 9.72. The van der Waals surface area contributed by atoms with Gasteiger partial charge < -0.3 is 9.88 Å². The minimum atomic E-state index is -0.0796. The highest BCUT2D eigenvalue weighted by Gasteiger charge is 2.34. The fourth-order valence-corrected chi connectivity index (χ4v) is 4.62. The second-order valence-corrected chi connectivity index (χ2v) is 8.41. The average molecular weight is 370 g/mol. The van der Waals surface area contributed by atoms with Crippen LogP contribution in [0.3, 0.4) is 0 Å². The molecule has 1 fully saturated rings. The number of hydrogen-bond acceptors (Lipinski definition) is 4. The van der Waals surface area contributed by atoms with Crippen molar-refractivity contribution in [2.24, 2.45) is 5.92 Å². The molecule has 3 aliphatic rings. The van der Waals surface area contributed by atoms with E-state index in [0.29, 0.717) is 30.7 Å². The maximum absolute atomic E-state index is 12.8. The highest BCUT2D eigenvalue weighted by atomic mass is 16.2. The van der Waals surface area contributed by atoms with E-state index < -0.39 is 0 Å². The lowest BCUT2D eigenvalue weighted by atomic mass is 10.0. The molecule has 0 unspecified atom stereocenters. The lowest BCUT2D eigenvalue weighted by molar-refractivity contribution is -0.133. The average Bonchev–Trinajstić information content (AvgIpc) is 3.32. The van der Waals surface area contributed by atoms with E-state index in [2.05, 4.69) is 35.9 Å². The van der Waals surface area contributed by atoms with Gasteiger partial charge in [-0.25, -0.2) is 4.98 Å². The molecule has 2 aliphatic heterocycles. The highest BCUT2D eigenvalue weighted by molar-refractivity contribution is 5.77. The number of hydrogen-bond donors (Lipinski definition) is 1. The van der Waals surface area contributed by atoms with Crippen molar-refractivity contribution < 1.29 is 4.79 Å². The van der Waals surface area contributed by atoms with E-state index in [1.165, 1.54) is 0 Å². The molecule has 6 heteroatoms. The van der Waals surface area contributed by atoms with Gasteiger partial charge >= 0.3 is 0 Å². The monoisotopic (exact) mass is 370 g/mol. The van der Waals surface area contributed by atoms with Gasteiger partial charge in [0, 0.05) is 38.5 Å². The van der Waals surface area contributed by atoms with Crippen LogP contribution in [0.15, 0.2) is 16.9 Å². The van der Waals surface area contributed by atoms with Gasteiger partial charge in [-0.15, -0.1) is 0 Å². The van der Waals surface area contributed by atoms with Crippen molar-refractivity contribution in [2.45, 2.75) is 71.0 Å². The van der Waals surface area contributed by atoms with E-state index in [9.17, 15) is 9.59 Å². The first-order valence-electron chi connectivity index (χ1n) is 10.3. The summed E-state index contributed by atoms with van der Waals surface area (Å²) in [6.45, 7) is 6.67. The Balaban J connectivity index is 1.54. The third-order valence-electron chi connectivity index (χ3n) is 6.28. The topological polar surface area (TPSA) is 69.3 Å². The summed E-state index contributed by atoms with van der Waals surface area (Å²) in [5.74, 6) is 1.25. The van der Waals surface area contributed by atoms with Crippen molar-refractivity contribution in [2.75, 3.05) is 13.1 Å². The number of allylic oxidation sites excluding steroid dienone is 2. The van der Waals surface area contributed by atoms with Gasteiger partial charge in [0.15, 0.2) is 0 Å². The van der Waals surface area contributed by atoms with Crippen LogP contribution in [-0.2, 0) is 17.8 Å². The van der Waals surface area contributed by atoms with Crippen molar-refractivity contribution >= 4 is 5.91 Å². The van der Waals surface area contributed by atoms with E-state index in [4.69, 9.17) is 4.98 Å². The molecular weight excluding hydrogens is 340 g/mol. The number of nitrogens with zero attached hydrogens (tertiary/aromatic N) is 3. The third kappa shape index (κ3) is 3.72. The summed E-state index contributed by atoms with van der Waals surface area (Å²) in [5, 5.41) is 0. The Morgan fingerprint density at radius 3 is 2.93 bits per heavy atom. The number of aromatic amines is 1. The van der Waals surface area contributed by atoms with Gasteiger partial charge in [-0.1, -0.05) is 12.2 Å². The SMILES string of the molecule is CC(C)N1CCc2nc([C@@H]3CCCN3C(=O)C[C@@H]3C=CCC3)[nH]c(=O)c2C1. The van der Waals surface area contributed by atoms with Crippen LogP contribution in [0.5, 0.6) is 0 Å². The van der Waals surface area contributed by atoms with Gasteiger partial charge in [0.1, 0.15) is 5.82 Å². The molecule has 0 spiro atoms. The number of H-pyrrole nitrogens is 1. The maximum atomic E-state index is 12.8. The van der Waals surface area contributed by atoms with E-state index in [-0.39, 0.29) is 17.5 Å². The van der Waals surface area contributed by atoms with Crippen molar-refractivity contribution in [3.63, 3.8) is 0 Å². The van der Waals surface area contributed by atoms with Crippen molar-refractivity contribution in [1.29, 1.82) is 0 Å². The van der Waals surface area contributed by atoms with E-state index >= 15 is 0 Å². The molecule has 0 radical (unpaired) electrons. The molecule has 1 N–H and O–H groups in total. The summed E-state index contributed by atoms with van der Waals surface area (Å²) in [4.78, 5) is 37.7. The van der Waals surface area contributed by atoms with Crippen molar-refractivity contribution in [1.82, 2.24) is 19.8 Å². The third-order valence-corrected chi connectivity index (χ3v) is 6.28. The molecule has 1 aromatic rings. The molecule has 1 aliphatic carbocycles. The predicted molar refractivity (Wildman–Crippen MR) is 104 cm³/mol. The molecule has 1 amide bonds. The molecule has 4 rings (SSSR count). The number of carbonyl (C=O) groups is 1. The normalized spacial score (nSPS) is 25.4. The quantitative estimate of drug-likeness (QED) is 0.827. The maximum Gasteiger partial charge on any atom is 0.255 e. The summed E-state index contributed by atoms with van der Waals surface area (Å²) >= 11 is 0. The Morgan fingerprint density at radius 2 is 2.19 bits per heavy atom. The molecule has 2 atom stereocenters. The second-order valence-electron chi connectivity index (χ2n) is 8.41. The lowest BCUT2D eigenvalue weighted by Crippen LogP contribution is -2.40. The number of rotatable bonds is 4. The Bertz CT molecular complexity index is 798. The van der Waals surface area contributed by atoms with Crippen LogP contribution in [0.2, 0.25) is 0 Å². The van der Waals surface area contributed by atoms with E-state index in [0.717, 1.165) is 56.5 Å². The van der Waals surface area contributed by atoms with E-state index in [1.807, 2.05) is 4.90 Å². The number of amides is 1. The molecule has 3 heterocycles. The van der Waals surface area contributed by atoms with Gasteiger partial charge in [0.25, 0.3) is 5.56 Å². The van der Waals surface area contributed by atoms with Crippen LogP contribution in [0.25, 0.3) is 0 Å². The Hall–Kier alpha value is -1.95. The summed E-state index contributed by atoms with van der Waals surface area (Å²) < 4.78 is 0. The molecular formula is C21H30N4O2. The Labute approximate surface area is 160 Å². The zero-order chi connectivity index (χ0) is 19.0. The number of likely N-dealkylation sites (tertiary alicyclic amines) is 1. The standard InChI is InChI=1S/C21H30N4O2/c1-14(2)24-11-9-17-16(13-24)21(27)23-20(22-17)18-8-5-10-25(18)19(26)12-15-6-3-4-7-15/h3,6,14-15,18H,4-5,7-13H2,1-2H3,(H,22,23,27)/t15-,18+/m1/s1. The smallest absolute Gasteiger partial charge is 0.255 e. The molecule has 0 saturated carbocycles. The highest BCUT2D eigenvalue weighted by Crippen LogP contribution is 2.32. The first-order chi connectivity index (χ1) is 13.0. The largest absolute Gasteiger partial charge is 0.332 e. The Kier molecular flexibility index (Phi) is 5.17. The van der Waals surface area contributed by atoms with Gasteiger partial charge in [-0.3, -0.25) is 14.5 Å². The zero-order valence-electron chi connectivity index (χ0n) is 16.4. The van der Waals surface area contributed by atoms with Gasteiger partial charge in [-0.05, 0) is 45.4 Å². The molecule has 0 bridgehead atoms. The minimum Gasteiger partial charge on any atom is -0.332 e. The Morgan fingerprint density at radius 1 is 1.33 bits per heavy atom. The van der Waals surface area contributed by atoms with Gasteiger partial charge in [0.05, 0.1) is 17.3 Å². The van der Waals surface area contributed by atoms with Crippen LogP contribution in [0.4, 0.5) is 0 Å². The summed E-state index contributed by atoms with van der Waals surface area (Å²) in [5.41, 5.74) is 1.69. The van der Waals surface area contributed by atoms with Gasteiger partial charge in [0.2, 0.25) is 5.91 Å². The molecule has 1 saturated heterocycles. The van der Waals surface area contributed by atoms with Gasteiger partial charge in [-0.2, -0.15) is 0 Å². The summed E-state index contributed by atoms with van der Waals surface area (Å²) in [6, 6.07) is 0.341. The molecule has 0 aromatic carbocycles. The molecule has 146 valence electrons. The fourth-order valence-electron chi connectivity index (χ4n) is 4.62. The van der Waals surface area contributed by atoms with Crippen LogP contribution in [0, 0.1) is 5.92 Å².